The largest absolute Gasteiger partial charge is 0.463 e. The summed E-state index contributed by atoms with van der Waals surface area (Å²) in [5, 5.41) is 0. The molecule has 0 N–H and O–H groups in total. The van der Waals surface area contributed by atoms with Gasteiger partial charge >= 0.3 is 5.97 Å². The van der Waals surface area contributed by atoms with E-state index in [1.165, 1.54) is 77.0 Å². The van der Waals surface area contributed by atoms with Crippen molar-refractivity contribution in [1.82, 2.24) is 0 Å². The lowest BCUT2D eigenvalue weighted by Gasteiger charge is -2.09. The van der Waals surface area contributed by atoms with E-state index >= 15 is 0 Å². The SMILES string of the molecule is CCCCCCCCCCCC(=O)OCCOCCOCCOCCOCCOCCOCCOCCOCCCCCCCC. The molecule has 0 aliphatic carbocycles. The van der Waals surface area contributed by atoms with Crippen LogP contribution in [-0.2, 0) is 47.4 Å². The van der Waals surface area contributed by atoms with Gasteiger partial charge in [-0.1, -0.05) is 97.3 Å². The first kappa shape index (κ1) is 45.2. The maximum absolute atomic E-state index is 11.8. The zero-order valence-corrected chi connectivity index (χ0v) is 29.9. The Morgan fingerprint density at radius 2 is 0.565 bits per heavy atom. The minimum absolute atomic E-state index is 0.130. The molecule has 0 atom stereocenters. The van der Waals surface area contributed by atoms with Crippen molar-refractivity contribution in [2.24, 2.45) is 0 Å². The van der Waals surface area contributed by atoms with Gasteiger partial charge in [0, 0.05) is 13.0 Å². The second-order valence-corrected chi connectivity index (χ2v) is 11.5. The van der Waals surface area contributed by atoms with Gasteiger partial charge < -0.3 is 42.6 Å². The van der Waals surface area contributed by atoms with Gasteiger partial charge in [0.2, 0.25) is 0 Å². The van der Waals surface area contributed by atoms with Crippen LogP contribution in [0, 0.1) is 0 Å². The molecule has 276 valence electrons. The van der Waals surface area contributed by atoms with Crippen molar-refractivity contribution in [1.29, 1.82) is 0 Å². The highest BCUT2D eigenvalue weighted by Gasteiger charge is 2.03. The standard InChI is InChI=1S/C36H72O10/c1-3-5-7-9-11-12-13-14-16-18-36(37)46-35-34-45-33-32-44-31-30-43-29-28-42-27-26-41-25-24-40-23-22-39-21-20-38-19-17-15-10-8-6-4-2/h3-35H2,1-2H3. The number of esters is 1. The number of unbranched alkanes of at least 4 members (excludes halogenated alkanes) is 13. The highest BCUT2D eigenvalue weighted by molar-refractivity contribution is 5.69. The lowest BCUT2D eigenvalue weighted by Crippen LogP contribution is -2.15. The molecule has 0 fully saturated rings. The van der Waals surface area contributed by atoms with Crippen molar-refractivity contribution in [3.63, 3.8) is 0 Å². The van der Waals surface area contributed by atoms with Gasteiger partial charge in [-0.25, -0.2) is 0 Å². The molecule has 10 nitrogen and oxygen atoms in total. The fourth-order valence-electron chi connectivity index (χ4n) is 4.49. The molecule has 0 rings (SSSR count). The van der Waals surface area contributed by atoms with Gasteiger partial charge in [-0.15, -0.1) is 0 Å². The lowest BCUT2D eigenvalue weighted by molar-refractivity contribution is -0.145. The van der Waals surface area contributed by atoms with Crippen molar-refractivity contribution in [3.8, 4) is 0 Å². The molecule has 0 saturated heterocycles. The minimum atomic E-state index is -0.130. The van der Waals surface area contributed by atoms with E-state index in [4.69, 9.17) is 42.6 Å². The van der Waals surface area contributed by atoms with Crippen LogP contribution in [0.25, 0.3) is 0 Å². The third-order valence-electron chi connectivity index (χ3n) is 7.22. The maximum atomic E-state index is 11.8. The Morgan fingerprint density at radius 3 is 0.913 bits per heavy atom. The van der Waals surface area contributed by atoms with Gasteiger partial charge in [-0.05, 0) is 12.8 Å². The first-order valence-electron chi connectivity index (χ1n) is 18.6. The molecule has 0 aromatic carbocycles. The fraction of sp³-hybridized carbons (Fsp3) is 0.972. The van der Waals surface area contributed by atoms with E-state index in [9.17, 15) is 4.79 Å². The van der Waals surface area contributed by atoms with Crippen LogP contribution >= 0.6 is 0 Å². The Balaban J connectivity index is 3.10. The van der Waals surface area contributed by atoms with Crippen LogP contribution in [0.4, 0.5) is 0 Å². The van der Waals surface area contributed by atoms with Gasteiger partial charge in [0.15, 0.2) is 0 Å². The van der Waals surface area contributed by atoms with Crippen LogP contribution in [0.15, 0.2) is 0 Å². The van der Waals surface area contributed by atoms with Gasteiger partial charge in [0.05, 0.1) is 99.1 Å². The van der Waals surface area contributed by atoms with Crippen LogP contribution in [-0.4, -0.2) is 118 Å². The average molecular weight is 665 g/mol. The number of rotatable bonds is 41. The predicted molar refractivity (Wildman–Crippen MR) is 183 cm³/mol. The monoisotopic (exact) mass is 665 g/mol. The molecule has 0 aromatic rings. The van der Waals surface area contributed by atoms with Crippen molar-refractivity contribution in [2.75, 3.05) is 112 Å². The van der Waals surface area contributed by atoms with Crippen molar-refractivity contribution >= 4 is 5.97 Å². The summed E-state index contributed by atoms with van der Waals surface area (Å²) in [5.41, 5.74) is 0. The maximum Gasteiger partial charge on any atom is 0.305 e. The molecule has 0 heterocycles. The predicted octanol–water partition coefficient (Wildman–Crippen LogP) is 6.94. The van der Waals surface area contributed by atoms with Crippen LogP contribution in [0.3, 0.4) is 0 Å². The molecule has 0 amide bonds. The number of carbonyl (C=O) groups excluding carboxylic acids is 1. The normalized spacial score (nSPS) is 11.4. The van der Waals surface area contributed by atoms with Gasteiger partial charge in [0.25, 0.3) is 0 Å². The molecule has 0 saturated carbocycles. The Labute approximate surface area is 282 Å². The lowest BCUT2D eigenvalue weighted by atomic mass is 10.1. The van der Waals surface area contributed by atoms with Crippen molar-refractivity contribution in [3.05, 3.63) is 0 Å². The third kappa shape index (κ3) is 41.2. The topological polar surface area (TPSA) is 100 Å². The Kier molecular flexibility index (Phi) is 41.4. The van der Waals surface area contributed by atoms with Gasteiger partial charge in [-0.3, -0.25) is 4.79 Å². The van der Waals surface area contributed by atoms with E-state index in [1.54, 1.807) is 0 Å². The second-order valence-electron chi connectivity index (χ2n) is 11.5. The summed E-state index contributed by atoms with van der Waals surface area (Å²) in [5.74, 6) is -0.130. The molecule has 46 heavy (non-hydrogen) atoms. The molecule has 10 heteroatoms. The summed E-state index contributed by atoms with van der Waals surface area (Å²) in [6.45, 7) is 13.5. The molecule has 0 aromatic heterocycles. The third-order valence-corrected chi connectivity index (χ3v) is 7.22. The van der Waals surface area contributed by atoms with E-state index in [2.05, 4.69) is 13.8 Å². The highest BCUT2D eigenvalue weighted by Crippen LogP contribution is 2.10. The van der Waals surface area contributed by atoms with Crippen molar-refractivity contribution in [2.45, 2.75) is 117 Å². The van der Waals surface area contributed by atoms with Crippen LogP contribution < -0.4 is 0 Å². The van der Waals surface area contributed by atoms with Gasteiger partial charge in [-0.2, -0.15) is 0 Å². The smallest absolute Gasteiger partial charge is 0.305 e. The Morgan fingerprint density at radius 1 is 0.304 bits per heavy atom. The zero-order valence-electron chi connectivity index (χ0n) is 29.9. The zero-order chi connectivity index (χ0) is 33.3. The molecule has 0 radical (unpaired) electrons. The van der Waals surface area contributed by atoms with Crippen LogP contribution in [0.2, 0.25) is 0 Å². The fourth-order valence-corrected chi connectivity index (χ4v) is 4.49. The number of hydrogen-bond acceptors (Lipinski definition) is 10. The number of ether oxygens (including phenoxy) is 9. The average Bonchev–Trinajstić information content (AvgIpc) is 3.06. The number of carbonyl (C=O) groups is 1. The molecule has 0 unspecified atom stereocenters. The molecular formula is C36H72O10. The highest BCUT2D eigenvalue weighted by atomic mass is 16.6. The summed E-state index contributed by atoms with van der Waals surface area (Å²) in [6, 6.07) is 0. The van der Waals surface area contributed by atoms with Crippen LogP contribution in [0.1, 0.15) is 117 Å². The van der Waals surface area contributed by atoms with Crippen LogP contribution in [0.5, 0.6) is 0 Å². The summed E-state index contributed by atoms with van der Waals surface area (Å²) in [7, 11) is 0. The summed E-state index contributed by atoms with van der Waals surface area (Å²) >= 11 is 0. The molecule has 0 aliphatic rings. The number of hydrogen-bond donors (Lipinski definition) is 0. The molecule has 0 aliphatic heterocycles. The van der Waals surface area contributed by atoms with E-state index in [0.717, 1.165) is 25.9 Å². The second kappa shape index (κ2) is 42.2. The van der Waals surface area contributed by atoms with Crippen molar-refractivity contribution < 1.29 is 47.4 Å². The molecule has 0 spiro atoms. The molecular weight excluding hydrogens is 592 g/mol. The van der Waals surface area contributed by atoms with E-state index in [1.807, 2.05) is 0 Å². The summed E-state index contributed by atoms with van der Waals surface area (Å²) in [4.78, 5) is 11.8. The summed E-state index contributed by atoms with van der Waals surface area (Å²) < 4.78 is 49.2. The Bertz CT molecular complexity index is 567. The first-order chi connectivity index (χ1) is 22.8. The van der Waals surface area contributed by atoms with Gasteiger partial charge in [0.1, 0.15) is 6.61 Å². The summed E-state index contributed by atoms with van der Waals surface area (Å²) in [6.07, 6.45) is 19.3. The van der Waals surface area contributed by atoms with E-state index in [0.29, 0.717) is 112 Å². The quantitative estimate of drug-likeness (QED) is 0.0505. The Hall–Kier alpha value is -0.850. The molecule has 0 bridgehead atoms. The first-order valence-corrected chi connectivity index (χ1v) is 18.6. The minimum Gasteiger partial charge on any atom is -0.463 e. The van der Waals surface area contributed by atoms with E-state index in [-0.39, 0.29) is 5.97 Å². The van der Waals surface area contributed by atoms with E-state index < -0.39 is 0 Å².